The number of carbonyl (C=O) groups excluding carboxylic acids is 3. The molecule has 1 fully saturated rings. The standard InChI is InChI=1S/C16H29N5O5S/c17-6-2-1-4-10(16(25)26)20-14(23)12-5-3-7-21(12)15(24)11(9-27)19-13(22)8-18/h10-12,27H,1-9,17-18H2,(H,19,22)(H,20,23)(H,25,26). The van der Waals surface area contributed by atoms with Crippen molar-refractivity contribution in [3.63, 3.8) is 0 Å². The van der Waals surface area contributed by atoms with Crippen molar-refractivity contribution in [2.24, 2.45) is 11.5 Å². The topological polar surface area (TPSA) is 168 Å². The highest BCUT2D eigenvalue weighted by molar-refractivity contribution is 7.80. The molecule has 3 atom stereocenters. The number of thiol groups is 1. The first-order valence-electron chi connectivity index (χ1n) is 8.99. The summed E-state index contributed by atoms with van der Waals surface area (Å²) in [5, 5.41) is 14.3. The monoisotopic (exact) mass is 403 g/mol. The number of carbonyl (C=O) groups is 4. The van der Waals surface area contributed by atoms with Gasteiger partial charge >= 0.3 is 5.97 Å². The van der Waals surface area contributed by atoms with Crippen molar-refractivity contribution in [3.05, 3.63) is 0 Å². The third-order valence-corrected chi connectivity index (χ3v) is 4.77. The molecule has 0 aromatic rings. The lowest BCUT2D eigenvalue weighted by Gasteiger charge is -2.28. The Hall–Kier alpha value is -1.85. The van der Waals surface area contributed by atoms with Crippen LogP contribution >= 0.6 is 12.6 Å². The van der Waals surface area contributed by atoms with Crippen LogP contribution in [0.25, 0.3) is 0 Å². The van der Waals surface area contributed by atoms with Gasteiger partial charge in [0.25, 0.3) is 0 Å². The van der Waals surface area contributed by atoms with Gasteiger partial charge in [-0.25, -0.2) is 4.79 Å². The predicted molar refractivity (Wildman–Crippen MR) is 102 cm³/mol. The Morgan fingerprint density at radius 2 is 1.85 bits per heavy atom. The van der Waals surface area contributed by atoms with Gasteiger partial charge in [-0.1, -0.05) is 0 Å². The molecule has 1 rings (SSSR count). The fourth-order valence-electron chi connectivity index (χ4n) is 2.96. The average Bonchev–Trinajstić information content (AvgIpc) is 3.14. The van der Waals surface area contributed by atoms with Crippen LogP contribution in [-0.2, 0) is 19.2 Å². The summed E-state index contributed by atoms with van der Waals surface area (Å²) in [6, 6.07) is -2.69. The van der Waals surface area contributed by atoms with E-state index in [1.165, 1.54) is 4.90 Å². The summed E-state index contributed by atoms with van der Waals surface area (Å²) in [5.41, 5.74) is 10.7. The molecule has 0 aliphatic carbocycles. The molecule has 27 heavy (non-hydrogen) atoms. The Bertz CT molecular complexity index is 547. The van der Waals surface area contributed by atoms with E-state index in [-0.39, 0.29) is 18.7 Å². The summed E-state index contributed by atoms with van der Waals surface area (Å²) in [7, 11) is 0. The van der Waals surface area contributed by atoms with Gasteiger partial charge in [0.1, 0.15) is 18.1 Å². The van der Waals surface area contributed by atoms with Gasteiger partial charge in [0, 0.05) is 12.3 Å². The first kappa shape index (κ1) is 23.2. The first-order chi connectivity index (χ1) is 12.8. The summed E-state index contributed by atoms with van der Waals surface area (Å²) in [5.74, 6) is -2.50. The minimum atomic E-state index is -1.13. The number of nitrogens with two attached hydrogens (primary N) is 2. The van der Waals surface area contributed by atoms with Gasteiger partial charge in [0.05, 0.1) is 6.54 Å². The quantitative estimate of drug-likeness (QED) is 0.172. The number of hydrogen-bond donors (Lipinski definition) is 6. The van der Waals surface area contributed by atoms with Gasteiger partial charge in [0.15, 0.2) is 0 Å². The van der Waals surface area contributed by atoms with Crippen LogP contribution in [-0.4, -0.2) is 77.2 Å². The highest BCUT2D eigenvalue weighted by Gasteiger charge is 2.38. The molecule has 154 valence electrons. The second-order valence-corrected chi connectivity index (χ2v) is 6.75. The number of likely N-dealkylation sites (tertiary alicyclic amines) is 1. The van der Waals surface area contributed by atoms with Gasteiger partial charge in [0.2, 0.25) is 17.7 Å². The van der Waals surface area contributed by atoms with Crippen molar-refractivity contribution in [2.45, 2.75) is 50.2 Å². The van der Waals surface area contributed by atoms with Gasteiger partial charge in [-0.15, -0.1) is 0 Å². The predicted octanol–water partition coefficient (Wildman–Crippen LogP) is -1.95. The number of nitrogens with zero attached hydrogens (tertiary/aromatic N) is 1. The Labute approximate surface area is 163 Å². The number of aliphatic carboxylic acids is 1. The van der Waals surface area contributed by atoms with E-state index in [0.717, 1.165) is 0 Å². The van der Waals surface area contributed by atoms with E-state index >= 15 is 0 Å². The highest BCUT2D eigenvalue weighted by atomic mass is 32.1. The second-order valence-electron chi connectivity index (χ2n) is 6.38. The van der Waals surface area contributed by atoms with Crippen LogP contribution in [0, 0.1) is 0 Å². The molecule has 1 aliphatic rings. The van der Waals surface area contributed by atoms with Crippen molar-refractivity contribution < 1.29 is 24.3 Å². The minimum absolute atomic E-state index is 0.0618. The molecule has 3 unspecified atom stereocenters. The summed E-state index contributed by atoms with van der Waals surface area (Å²) >= 11 is 4.08. The van der Waals surface area contributed by atoms with Crippen LogP contribution in [0.15, 0.2) is 0 Å². The van der Waals surface area contributed by atoms with Crippen molar-refractivity contribution >= 4 is 36.3 Å². The molecular weight excluding hydrogens is 374 g/mol. The zero-order valence-corrected chi connectivity index (χ0v) is 16.1. The van der Waals surface area contributed by atoms with Crippen LogP contribution in [0.1, 0.15) is 32.1 Å². The number of carboxylic acids is 1. The molecule has 0 bridgehead atoms. The minimum Gasteiger partial charge on any atom is -0.480 e. The SMILES string of the molecule is NCCCCC(NC(=O)C1CCCN1C(=O)C(CS)NC(=O)CN)C(=O)O. The maximum Gasteiger partial charge on any atom is 0.326 e. The second kappa shape index (κ2) is 11.8. The maximum absolute atomic E-state index is 12.7. The average molecular weight is 404 g/mol. The van der Waals surface area contributed by atoms with E-state index < -0.39 is 41.8 Å². The van der Waals surface area contributed by atoms with E-state index in [0.29, 0.717) is 38.8 Å². The molecule has 1 saturated heterocycles. The third kappa shape index (κ3) is 7.00. The van der Waals surface area contributed by atoms with Crippen molar-refractivity contribution in [2.75, 3.05) is 25.4 Å². The zero-order chi connectivity index (χ0) is 20.4. The lowest BCUT2D eigenvalue weighted by molar-refractivity contribution is -0.144. The van der Waals surface area contributed by atoms with E-state index in [2.05, 4.69) is 23.3 Å². The molecule has 7 N–H and O–H groups in total. The number of amides is 3. The Morgan fingerprint density at radius 1 is 1.15 bits per heavy atom. The number of rotatable bonds is 11. The van der Waals surface area contributed by atoms with Gasteiger partial charge in [-0.3, -0.25) is 14.4 Å². The number of hydrogen-bond acceptors (Lipinski definition) is 7. The Balaban J connectivity index is 2.75. The van der Waals surface area contributed by atoms with E-state index in [4.69, 9.17) is 11.5 Å². The largest absolute Gasteiger partial charge is 0.480 e. The number of nitrogens with one attached hydrogen (secondary N) is 2. The van der Waals surface area contributed by atoms with Crippen LogP contribution in [0.5, 0.6) is 0 Å². The van der Waals surface area contributed by atoms with E-state index in [1.54, 1.807) is 0 Å². The third-order valence-electron chi connectivity index (χ3n) is 4.40. The fourth-order valence-corrected chi connectivity index (χ4v) is 3.21. The summed E-state index contributed by atoms with van der Waals surface area (Å²) < 4.78 is 0. The van der Waals surface area contributed by atoms with Crippen molar-refractivity contribution in [1.82, 2.24) is 15.5 Å². The van der Waals surface area contributed by atoms with Gasteiger partial charge in [-0.05, 0) is 38.6 Å². The van der Waals surface area contributed by atoms with Crippen molar-refractivity contribution in [1.29, 1.82) is 0 Å². The number of unbranched alkanes of at least 4 members (excludes halogenated alkanes) is 1. The molecule has 1 heterocycles. The molecule has 3 amide bonds. The van der Waals surface area contributed by atoms with Crippen LogP contribution in [0.2, 0.25) is 0 Å². The fraction of sp³-hybridized carbons (Fsp3) is 0.750. The van der Waals surface area contributed by atoms with Crippen molar-refractivity contribution in [3.8, 4) is 0 Å². The van der Waals surface area contributed by atoms with Gasteiger partial charge in [-0.2, -0.15) is 12.6 Å². The first-order valence-corrected chi connectivity index (χ1v) is 9.62. The molecular formula is C16H29N5O5S. The molecule has 10 nitrogen and oxygen atoms in total. The maximum atomic E-state index is 12.7. The summed E-state index contributed by atoms with van der Waals surface area (Å²) in [6.45, 7) is 0.542. The van der Waals surface area contributed by atoms with Gasteiger partial charge < -0.3 is 32.1 Å². The van der Waals surface area contributed by atoms with Crippen LogP contribution < -0.4 is 22.1 Å². The van der Waals surface area contributed by atoms with E-state index in [9.17, 15) is 24.3 Å². The summed E-state index contributed by atoms with van der Waals surface area (Å²) in [6.07, 6.45) is 2.55. The normalized spacial score (nSPS) is 18.6. The highest BCUT2D eigenvalue weighted by Crippen LogP contribution is 2.19. The molecule has 0 aromatic heterocycles. The molecule has 1 aliphatic heterocycles. The Kier molecular flexibility index (Phi) is 10.1. The molecule has 0 aromatic carbocycles. The lowest BCUT2D eigenvalue weighted by Crippen LogP contribution is -2.56. The molecule has 11 heteroatoms. The summed E-state index contributed by atoms with van der Waals surface area (Å²) in [4.78, 5) is 49.5. The van der Waals surface area contributed by atoms with E-state index in [1.807, 2.05) is 0 Å². The molecule has 0 saturated carbocycles. The zero-order valence-electron chi connectivity index (χ0n) is 15.2. The number of carboxylic acid groups (broad SMARTS) is 1. The molecule has 0 spiro atoms. The van der Waals surface area contributed by atoms with Crippen LogP contribution in [0.4, 0.5) is 0 Å². The smallest absolute Gasteiger partial charge is 0.326 e. The molecule has 0 radical (unpaired) electrons. The Morgan fingerprint density at radius 3 is 2.41 bits per heavy atom. The van der Waals surface area contributed by atoms with Crippen LogP contribution in [0.3, 0.4) is 0 Å². The lowest BCUT2D eigenvalue weighted by atomic mass is 10.1.